The lowest BCUT2D eigenvalue weighted by molar-refractivity contribution is -0.119. The van der Waals surface area contributed by atoms with Crippen molar-refractivity contribution < 1.29 is 23.4 Å². The van der Waals surface area contributed by atoms with Gasteiger partial charge in [0.05, 0.1) is 12.6 Å². The molecule has 1 saturated carbocycles. The van der Waals surface area contributed by atoms with Crippen molar-refractivity contribution in [3.05, 3.63) is 83.7 Å². The number of ether oxygens (including phenoxy) is 3. The van der Waals surface area contributed by atoms with E-state index in [9.17, 15) is 9.18 Å². The first-order valence-electron chi connectivity index (χ1n) is 11.2. The minimum atomic E-state index is -0.416. The first-order valence-corrected chi connectivity index (χ1v) is 11.2. The third kappa shape index (κ3) is 6.72. The molecule has 0 radical (unpaired) electrons. The molecule has 0 saturated heterocycles. The van der Waals surface area contributed by atoms with Crippen molar-refractivity contribution in [2.75, 3.05) is 6.61 Å². The number of hydrogen-bond donors (Lipinski definition) is 1. The summed E-state index contributed by atoms with van der Waals surface area (Å²) in [5.41, 5.74) is 1.35. The molecule has 1 aliphatic rings. The molecule has 172 valence electrons. The zero-order valence-electron chi connectivity index (χ0n) is 18.8. The van der Waals surface area contributed by atoms with E-state index in [1.165, 1.54) is 25.8 Å². The van der Waals surface area contributed by atoms with Crippen LogP contribution in [0.2, 0.25) is 0 Å². The maximum Gasteiger partial charge on any atom is 0.217 e. The number of carbonyl (C=O) groups is 1. The second kappa shape index (κ2) is 10.4. The number of amides is 1. The summed E-state index contributed by atoms with van der Waals surface area (Å²) in [6.07, 6.45) is 2.51. The van der Waals surface area contributed by atoms with Gasteiger partial charge in [0.15, 0.2) is 0 Å². The van der Waals surface area contributed by atoms with Crippen LogP contribution in [0.3, 0.4) is 0 Å². The number of halogens is 1. The molecule has 3 aromatic rings. The van der Waals surface area contributed by atoms with Crippen LogP contribution in [0.25, 0.3) is 0 Å². The summed E-state index contributed by atoms with van der Waals surface area (Å²) >= 11 is 0. The second-order valence-corrected chi connectivity index (χ2v) is 8.37. The highest BCUT2D eigenvalue weighted by Crippen LogP contribution is 2.31. The second-order valence-electron chi connectivity index (χ2n) is 8.37. The van der Waals surface area contributed by atoms with Crippen LogP contribution in [0.15, 0.2) is 66.7 Å². The van der Waals surface area contributed by atoms with Crippen molar-refractivity contribution in [3.8, 4) is 23.0 Å². The standard InChI is InChI=1S/C27H28FNO4/c1-18(29-19(2)30)26-13-12-24(15-27(26)28)32-17-21-8-10-22(11-9-21)33-25-5-3-4-23(14-25)31-16-20-6-7-20/h3-5,8-15,18,20H,6-7,16-17H2,1-2H3,(H,29,30). The monoisotopic (exact) mass is 449 g/mol. The Labute approximate surface area is 193 Å². The van der Waals surface area contributed by atoms with Crippen LogP contribution < -0.4 is 19.5 Å². The Morgan fingerprint density at radius 3 is 2.36 bits per heavy atom. The van der Waals surface area contributed by atoms with Gasteiger partial charge in [0.2, 0.25) is 5.91 Å². The van der Waals surface area contributed by atoms with Crippen LogP contribution in [-0.2, 0) is 11.4 Å². The zero-order chi connectivity index (χ0) is 23.2. The van der Waals surface area contributed by atoms with E-state index in [0.717, 1.165) is 23.7 Å². The number of carbonyl (C=O) groups excluding carboxylic acids is 1. The molecule has 1 atom stereocenters. The fourth-order valence-corrected chi connectivity index (χ4v) is 3.41. The molecule has 1 N–H and O–H groups in total. The third-order valence-corrected chi connectivity index (χ3v) is 5.41. The molecule has 0 aliphatic heterocycles. The molecule has 0 spiro atoms. The predicted molar refractivity (Wildman–Crippen MR) is 124 cm³/mol. The van der Waals surface area contributed by atoms with Gasteiger partial charge in [0, 0.05) is 24.6 Å². The van der Waals surface area contributed by atoms with Crippen molar-refractivity contribution >= 4 is 5.91 Å². The zero-order valence-corrected chi connectivity index (χ0v) is 18.8. The summed E-state index contributed by atoms with van der Waals surface area (Å²) in [4.78, 5) is 11.2. The van der Waals surface area contributed by atoms with Gasteiger partial charge in [-0.05, 0) is 61.6 Å². The average molecular weight is 450 g/mol. The van der Waals surface area contributed by atoms with E-state index in [4.69, 9.17) is 14.2 Å². The van der Waals surface area contributed by atoms with Crippen LogP contribution >= 0.6 is 0 Å². The van der Waals surface area contributed by atoms with E-state index in [2.05, 4.69) is 5.32 Å². The first-order chi connectivity index (χ1) is 16.0. The average Bonchev–Trinajstić information content (AvgIpc) is 3.62. The Morgan fingerprint density at radius 2 is 1.67 bits per heavy atom. The van der Waals surface area contributed by atoms with Gasteiger partial charge in [-0.3, -0.25) is 4.79 Å². The normalized spacial score (nSPS) is 13.8. The summed E-state index contributed by atoms with van der Waals surface area (Å²) < 4.78 is 31.9. The fraction of sp³-hybridized carbons (Fsp3) is 0.296. The van der Waals surface area contributed by atoms with Crippen molar-refractivity contribution in [3.63, 3.8) is 0 Å². The third-order valence-electron chi connectivity index (χ3n) is 5.41. The smallest absolute Gasteiger partial charge is 0.217 e. The van der Waals surface area contributed by atoms with Crippen molar-refractivity contribution in [1.29, 1.82) is 0 Å². The first kappa shape index (κ1) is 22.6. The molecule has 33 heavy (non-hydrogen) atoms. The Morgan fingerprint density at radius 1 is 0.970 bits per heavy atom. The summed E-state index contributed by atoms with van der Waals surface area (Å²) in [7, 11) is 0. The van der Waals surface area contributed by atoms with Crippen molar-refractivity contribution in [2.45, 2.75) is 39.3 Å². The number of rotatable bonds is 10. The van der Waals surface area contributed by atoms with Crippen molar-refractivity contribution in [1.82, 2.24) is 5.32 Å². The quantitative estimate of drug-likeness (QED) is 0.401. The molecule has 1 aliphatic carbocycles. The SMILES string of the molecule is CC(=O)NC(C)c1ccc(OCc2ccc(Oc3cccc(OCC4CC4)c3)cc2)cc1F. The highest BCUT2D eigenvalue weighted by atomic mass is 19.1. The molecule has 0 heterocycles. The summed E-state index contributed by atoms with van der Waals surface area (Å²) in [6.45, 7) is 4.20. The summed E-state index contributed by atoms with van der Waals surface area (Å²) in [5, 5.41) is 2.68. The van der Waals surface area contributed by atoms with Crippen LogP contribution in [0.5, 0.6) is 23.0 Å². The van der Waals surface area contributed by atoms with E-state index in [0.29, 0.717) is 29.6 Å². The van der Waals surface area contributed by atoms with Crippen molar-refractivity contribution in [2.24, 2.45) is 5.92 Å². The van der Waals surface area contributed by atoms with Crippen LogP contribution in [-0.4, -0.2) is 12.5 Å². The molecule has 5 nitrogen and oxygen atoms in total. The van der Waals surface area contributed by atoms with Gasteiger partial charge in [-0.2, -0.15) is 0 Å². The number of nitrogens with one attached hydrogen (secondary N) is 1. The van der Waals surface area contributed by atoms with Gasteiger partial charge >= 0.3 is 0 Å². The van der Waals surface area contributed by atoms with E-state index in [-0.39, 0.29) is 5.91 Å². The molecule has 1 unspecified atom stereocenters. The summed E-state index contributed by atoms with van der Waals surface area (Å²) in [5.74, 6) is 2.75. The minimum Gasteiger partial charge on any atom is -0.493 e. The highest BCUT2D eigenvalue weighted by molar-refractivity contribution is 5.73. The lowest BCUT2D eigenvalue weighted by Gasteiger charge is -2.15. The maximum absolute atomic E-state index is 14.4. The lowest BCUT2D eigenvalue weighted by atomic mass is 10.1. The van der Waals surface area contributed by atoms with E-state index in [1.54, 1.807) is 19.1 Å². The van der Waals surface area contributed by atoms with Gasteiger partial charge < -0.3 is 19.5 Å². The van der Waals surface area contributed by atoms with E-state index >= 15 is 0 Å². The highest BCUT2D eigenvalue weighted by Gasteiger charge is 2.21. The number of benzene rings is 3. The van der Waals surface area contributed by atoms with Gasteiger partial charge in [0.25, 0.3) is 0 Å². The Kier molecular flexibility index (Phi) is 7.13. The molecule has 6 heteroatoms. The van der Waals surface area contributed by atoms with Crippen LogP contribution in [0.1, 0.15) is 43.9 Å². The Hall–Kier alpha value is -3.54. The van der Waals surface area contributed by atoms with E-state index in [1.807, 2.05) is 48.5 Å². The topological polar surface area (TPSA) is 56.8 Å². The molecule has 0 aromatic heterocycles. The summed E-state index contributed by atoms with van der Waals surface area (Å²) in [6, 6.07) is 19.5. The Bertz CT molecular complexity index is 1100. The van der Waals surface area contributed by atoms with Crippen LogP contribution in [0.4, 0.5) is 4.39 Å². The maximum atomic E-state index is 14.4. The molecule has 0 bridgehead atoms. The number of hydrogen-bond acceptors (Lipinski definition) is 4. The molecule has 1 amide bonds. The molecule has 3 aromatic carbocycles. The minimum absolute atomic E-state index is 0.204. The Balaban J connectivity index is 1.30. The van der Waals surface area contributed by atoms with Gasteiger partial charge in [-0.25, -0.2) is 4.39 Å². The predicted octanol–water partition coefficient (Wildman–Crippen LogP) is 6.18. The molecule has 1 fully saturated rings. The lowest BCUT2D eigenvalue weighted by Crippen LogP contribution is -2.24. The van der Waals surface area contributed by atoms with E-state index < -0.39 is 11.9 Å². The van der Waals surface area contributed by atoms with Gasteiger partial charge in [0.1, 0.15) is 35.4 Å². The molecular weight excluding hydrogens is 421 g/mol. The molecular formula is C27H28FNO4. The van der Waals surface area contributed by atoms with Crippen LogP contribution in [0, 0.1) is 11.7 Å². The largest absolute Gasteiger partial charge is 0.493 e. The molecule has 4 rings (SSSR count). The van der Waals surface area contributed by atoms with Gasteiger partial charge in [-0.1, -0.05) is 24.3 Å². The van der Waals surface area contributed by atoms with Gasteiger partial charge in [-0.15, -0.1) is 0 Å². The fourth-order valence-electron chi connectivity index (χ4n) is 3.41.